The number of benzene rings is 2. The summed E-state index contributed by atoms with van der Waals surface area (Å²) >= 11 is 0. The van der Waals surface area contributed by atoms with Crippen molar-refractivity contribution in [2.75, 3.05) is 38.1 Å². The number of fused-ring (bicyclic) bond motifs is 1. The van der Waals surface area contributed by atoms with E-state index in [-0.39, 0.29) is 5.91 Å². The molecule has 2 aromatic carbocycles. The molecular weight excluding hydrogens is 436 g/mol. The molecule has 2 aromatic heterocycles. The molecule has 0 spiro atoms. The molecule has 0 atom stereocenters. The molecule has 180 valence electrons. The van der Waals surface area contributed by atoms with E-state index in [0.717, 1.165) is 48.1 Å². The zero-order valence-electron chi connectivity index (χ0n) is 20.1. The van der Waals surface area contributed by atoms with Gasteiger partial charge < -0.3 is 20.9 Å². The molecule has 1 saturated heterocycles. The van der Waals surface area contributed by atoms with E-state index in [1.807, 2.05) is 42.5 Å². The lowest BCUT2D eigenvalue weighted by Crippen LogP contribution is -2.44. The van der Waals surface area contributed by atoms with Gasteiger partial charge in [-0.3, -0.25) is 14.8 Å². The molecule has 1 fully saturated rings. The average Bonchev–Trinajstić information content (AvgIpc) is 2.93. The maximum absolute atomic E-state index is 12.6. The predicted molar refractivity (Wildman–Crippen MR) is 141 cm³/mol. The van der Waals surface area contributed by atoms with Crippen molar-refractivity contribution in [1.82, 2.24) is 20.2 Å². The van der Waals surface area contributed by atoms with E-state index in [9.17, 15) is 4.79 Å². The third kappa shape index (κ3) is 6.62. The molecule has 0 radical (unpaired) electrons. The number of amides is 1. The Kier molecular flexibility index (Phi) is 8.38. The number of nitrogens with zero attached hydrogens (tertiary/aromatic N) is 4. The molecule has 1 amide bonds. The van der Waals surface area contributed by atoms with Crippen LogP contribution in [0, 0.1) is 0 Å². The molecule has 35 heavy (non-hydrogen) atoms. The van der Waals surface area contributed by atoms with Gasteiger partial charge in [0.25, 0.3) is 5.91 Å². The summed E-state index contributed by atoms with van der Waals surface area (Å²) < 4.78 is 0. The summed E-state index contributed by atoms with van der Waals surface area (Å²) in [5.74, 6) is -0.0612. The highest BCUT2D eigenvalue weighted by atomic mass is 16.1. The van der Waals surface area contributed by atoms with Gasteiger partial charge >= 0.3 is 0 Å². The Labute approximate surface area is 206 Å². The summed E-state index contributed by atoms with van der Waals surface area (Å²) in [6, 6.07) is 20.0. The number of pyridine rings is 2. The van der Waals surface area contributed by atoms with Crippen LogP contribution in [0.25, 0.3) is 10.8 Å². The van der Waals surface area contributed by atoms with Crippen molar-refractivity contribution in [3.63, 3.8) is 0 Å². The molecule has 1 aliphatic rings. The average molecular weight is 469 g/mol. The Hall–Kier alpha value is -3.81. The molecule has 5 rings (SSSR count). The lowest BCUT2D eigenvalue weighted by atomic mass is 10.0. The van der Waals surface area contributed by atoms with Gasteiger partial charge in [0.2, 0.25) is 0 Å². The molecular formula is C28H32N6O. The van der Waals surface area contributed by atoms with Gasteiger partial charge in [0.05, 0.1) is 0 Å². The van der Waals surface area contributed by atoms with Gasteiger partial charge in [-0.25, -0.2) is 0 Å². The largest absolute Gasteiger partial charge is 0.368 e. The van der Waals surface area contributed by atoms with Gasteiger partial charge in [0.15, 0.2) is 0 Å². The zero-order valence-corrected chi connectivity index (χ0v) is 20.1. The number of carbonyl (C=O) groups is 1. The summed E-state index contributed by atoms with van der Waals surface area (Å²) in [6.07, 6.45) is 7.00. The van der Waals surface area contributed by atoms with Crippen molar-refractivity contribution in [3.8, 4) is 0 Å². The number of nitrogens with one attached hydrogen (secondary N) is 1. The van der Waals surface area contributed by atoms with Gasteiger partial charge in [-0.15, -0.1) is 0 Å². The highest BCUT2D eigenvalue weighted by Crippen LogP contribution is 2.28. The second kappa shape index (κ2) is 12.1. The van der Waals surface area contributed by atoms with Gasteiger partial charge in [-0.1, -0.05) is 30.3 Å². The Morgan fingerprint density at radius 2 is 1.63 bits per heavy atom. The van der Waals surface area contributed by atoms with E-state index in [2.05, 4.69) is 50.3 Å². The van der Waals surface area contributed by atoms with Gasteiger partial charge in [0, 0.05) is 80.7 Å². The van der Waals surface area contributed by atoms with Crippen molar-refractivity contribution in [1.29, 1.82) is 0 Å². The number of anilines is 1. The summed E-state index contributed by atoms with van der Waals surface area (Å²) in [5, 5.41) is 5.28. The fourth-order valence-corrected chi connectivity index (χ4v) is 4.03. The van der Waals surface area contributed by atoms with Crippen LogP contribution in [-0.2, 0) is 13.1 Å². The highest BCUT2D eigenvalue weighted by Gasteiger charge is 2.17. The summed E-state index contributed by atoms with van der Waals surface area (Å²) in [6.45, 7) is 5.18. The number of likely N-dealkylation sites (N-methyl/N-ethyl adjacent to an activating group) is 1. The van der Waals surface area contributed by atoms with E-state index in [1.54, 1.807) is 24.8 Å². The Balaban J connectivity index is 0.000000308. The number of rotatable bonds is 5. The monoisotopic (exact) mass is 468 g/mol. The molecule has 7 nitrogen and oxygen atoms in total. The maximum Gasteiger partial charge on any atom is 0.251 e. The smallest absolute Gasteiger partial charge is 0.251 e. The minimum Gasteiger partial charge on any atom is -0.368 e. The summed E-state index contributed by atoms with van der Waals surface area (Å²) in [7, 11) is 2.16. The lowest BCUT2D eigenvalue weighted by Gasteiger charge is -2.34. The van der Waals surface area contributed by atoms with Crippen LogP contribution >= 0.6 is 0 Å². The van der Waals surface area contributed by atoms with Crippen LogP contribution in [0.2, 0.25) is 0 Å². The van der Waals surface area contributed by atoms with Crippen molar-refractivity contribution >= 4 is 22.4 Å². The van der Waals surface area contributed by atoms with Gasteiger partial charge in [-0.2, -0.15) is 0 Å². The molecule has 3 heterocycles. The van der Waals surface area contributed by atoms with E-state index in [1.165, 1.54) is 5.69 Å². The van der Waals surface area contributed by atoms with Crippen LogP contribution in [0.3, 0.4) is 0 Å². The van der Waals surface area contributed by atoms with E-state index in [0.29, 0.717) is 18.7 Å². The number of hydrogen-bond acceptors (Lipinski definition) is 6. The SMILES string of the molecule is CN1CCN(c2cccc3ccc(C(=O)NCc4cccnc4)cc23)CC1.NCc1cccnc1. The summed E-state index contributed by atoms with van der Waals surface area (Å²) in [4.78, 5) is 25.4. The summed E-state index contributed by atoms with van der Waals surface area (Å²) in [5.41, 5.74) is 9.28. The third-order valence-corrected chi connectivity index (χ3v) is 6.10. The maximum atomic E-state index is 12.6. The Morgan fingerprint density at radius 3 is 2.26 bits per heavy atom. The van der Waals surface area contributed by atoms with E-state index < -0.39 is 0 Å². The van der Waals surface area contributed by atoms with Crippen LogP contribution in [-0.4, -0.2) is 54.0 Å². The van der Waals surface area contributed by atoms with Crippen molar-refractivity contribution in [2.45, 2.75) is 13.1 Å². The fourth-order valence-electron chi connectivity index (χ4n) is 4.03. The lowest BCUT2D eigenvalue weighted by molar-refractivity contribution is 0.0951. The van der Waals surface area contributed by atoms with Crippen LogP contribution in [0.5, 0.6) is 0 Å². The number of hydrogen-bond donors (Lipinski definition) is 2. The topological polar surface area (TPSA) is 87.4 Å². The number of nitrogens with two attached hydrogens (primary N) is 1. The molecule has 3 N–H and O–H groups in total. The first-order chi connectivity index (χ1) is 17.1. The minimum absolute atomic E-state index is 0.0612. The standard InChI is InChI=1S/C22H24N4O.C6H8N2/c1-25-10-12-26(13-11-25)21-6-2-5-18-7-8-19(14-20(18)21)22(27)24-16-17-4-3-9-23-15-17;7-4-6-2-1-3-8-5-6/h2-9,14-15H,10-13,16H2,1H3,(H,24,27);1-3,5H,4,7H2. The normalized spacial score (nSPS) is 13.7. The van der Waals surface area contributed by atoms with Crippen molar-refractivity contribution in [2.24, 2.45) is 5.73 Å². The van der Waals surface area contributed by atoms with Gasteiger partial charge in [0.1, 0.15) is 0 Å². The molecule has 0 aliphatic carbocycles. The van der Waals surface area contributed by atoms with Crippen LogP contribution in [0.15, 0.2) is 85.5 Å². The quantitative estimate of drug-likeness (QED) is 0.467. The second-order valence-corrected chi connectivity index (χ2v) is 8.61. The highest BCUT2D eigenvalue weighted by molar-refractivity contribution is 6.02. The first-order valence-electron chi connectivity index (χ1n) is 11.9. The van der Waals surface area contributed by atoms with Gasteiger partial charge in [-0.05, 0) is 53.9 Å². The first kappa shape index (κ1) is 24.3. The molecule has 0 bridgehead atoms. The zero-order chi connectivity index (χ0) is 24.5. The van der Waals surface area contributed by atoms with Crippen LogP contribution in [0.4, 0.5) is 5.69 Å². The fraction of sp³-hybridized carbons (Fsp3) is 0.250. The van der Waals surface area contributed by atoms with Crippen molar-refractivity contribution in [3.05, 3.63) is 102 Å². The van der Waals surface area contributed by atoms with Crippen molar-refractivity contribution < 1.29 is 4.79 Å². The van der Waals surface area contributed by atoms with E-state index in [4.69, 9.17) is 5.73 Å². The molecule has 7 heteroatoms. The third-order valence-electron chi connectivity index (χ3n) is 6.10. The second-order valence-electron chi connectivity index (χ2n) is 8.61. The predicted octanol–water partition coefficient (Wildman–Crippen LogP) is 3.46. The molecule has 4 aromatic rings. The first-order valence-corrected chi connectivity index (χ1v) is 11.9. The number of piperazine rings is 1. The van der Waals surface area contributed by atoms with Crippen LogP contribution in [0.1, 0.15) is 21.5 Å². The van der Waals surface area contributed by atoms with Crippen LogP contribution < -0.4 is 16.0 Å². The van der Waals surface area contributed by atoms with E-state index >= 15 is 0 Å². The minimum atomic E-state index is -0.0612. The molecule has 0 unspecified atom stereocenters. The number of carbonyl (C=O) groups excluding carboxylic acids is 1. The Morgan fingerprint density at radius 1 is 0.914 bits per heavy atom. The Bertz CT molecular complexity index is 1220. The number of aromatic nitrogens is 2. The molecule has 0 saturated carbocycles. The molecule has 1 aliphatic heterocycles.